The molecule has 4 nitrogen and oxygen atoms in total. The molecule has 0 radical (unpaired) electrons. The maximum Gasteiger partial charge on any atom is 0.225 e. The summed E-state index contributed by atoms with van der Waals surface area (Å²) in [6.45, 7) is 2.92. The lowest BCUT2D eigenvalue weighted by Gasteiger charge is -2.20. The largest absolute Gasteiger partial charge is 0.355 e. The highest BCUT2D eigenvalue weighted by molar-refractivity contribution is 5.43. The first-order chi connectivity index (χ1) is 11.7. The van der Waals surface area contributed by atoms with Crippen molar-refractivity contribution in [3.8, 4) is 0 Å². The predicted octanol–water partition coefficient (Wildman–Crippen LogP) is 4.29. The molecule has 0 saturated carbocycles. The van der Waals surface area contributed by atoms with Gasteiger partial charge < -0.3 is 10.2 Å². The zero-order valence-electron chi connectivity index (χ0n) is 14.1. The molecule has 3 aromatic rings. The van der Waals surface area contributed by atoms with Gasteiger partial charge in [0.25, 0.3) is 0 Å². The molecule has 1 unspecified atom stereocenters. The summed E-state index contributed by atoms with van der Waals surface area (Å²) in [6, 6.07) is 22.8. The van der Waals surface area contributed by atoms with E-state index in [-0.39, 0.29) is 6.04 Å². The summed E-state index contributed by atoms with van der Waals surface area (Å²) in [5, 5.41) is 3.37. The minimum atomic E-state index is 0.154. The molecule has 0 spiro atoms. The molecule has 122 valence electrons. The molecule has 2 aromatic carbocycles. The van der Waals surface area contributed by atoms with Crippen molar-refractivity contribution in [2.75, 3.05) is 17.3 Å². The van der Waals surface area contributed by atoms with Gasteiger partial charge in [-0.15, -0.1) is 0 Å². The van der Waals surface area contributed by atoms with Crippen LogP contribution < -0.4 is 10.2 Å². The number of hydrogen-bond acceptors (Lipinski definition) is 4. The van der Waals surface area contributed by atoms with Gasteiger partial charge in [0, 0.05) is 19.8 Å². The summed E-state index contributed by atoms with van der Waals surface area (Å²) in [5.74, 6) is 1.54. The minimum absolute atomic E-state index is 0.154. The Kier molecular flexibility index (Phi) is 5.06. The molecule has 0 fully saturated rings. The highest BCUT2D eigenvalue weighted by Gasteiger charge is 2.09. The van der Waals surface area contributed by atoms with Crippen molar-refractivity contribution in [3.63, 3.8) is 0 Å². The quantitative estimate of drug-likeness (QED) is 0.736. The number of aromatic nitrogens is 2. The van der Waals surface area contributed by atoms with Crippen molar-refractivity contribution in [2.24, 2.45) is 0 Å². The third-order valence-corrected chi connectivity index (χ3v) is 3.94. The van der Waals surface area contributed by atoms with Gasteiger partial charge in [-0.2, -0.15) is 4.98 Å². The Balaban J connectivity index is 1.69. The molecule has 1 aromatic heterocycles. The van der Waals surface area contributed by atoms with E-state index in [0.717, 1.165) is 12.4 Å². The molecule has 4 heteroatoms. The molecular formula is C20H22N4. The van der Waals surface area contributed by atoms with Crippen LogP contribution in [0, 0.1) is 0 Å². The molecule has 1 atom stereocenters. The Morgan fingerprint density at radius 2 is 1.62 bits per heavy atom. The Morgan fingerprint density at radius 1 is 0.958 bits per heavy atom. The Labute approximate surface area is 143 Å². The van der Waals surface area contributed by atoms with E-state index in [9.17, 15) is 0 Å². The highest BCUT2D eigenvalue weighted by Crippen LogP contribution is 2.18. The monoisotopic (exact) mass is 318 g/mol. The molecule has 0 amide bonds. The summed E-state index contributed by atoms with van der Waals surface area (Å²) in [4.78, 5) is 11.1. The first-order valence-corrected chi connectivity index (χ1v) is 8.12. The molecule has 24 heavy (non-hydrogen) atoms. The van der Waals surface area contributed by atoms with Gasteiger partial charge in [0.05, 0.1) is 6.04 Å². The predicted molar refractivity (Wildman–Crippen MR) is 99.1 cm³/mol. The lowest BCUT2D eigenvalue weighted by atomic mass is 10.1. The second-order valence-electron chi connectivity index (χ2n) is 5.86. The molecule has 3 rings (SSSR count). The van der Waals surface area contributed by atoms with Crippen LogP contribution in [0.1, 0.15) is 24.1 Å². The van der Waals surface area contributed by atoms with Crippen LogP contribution in [0.25, 0.3) is 0 Å². The molecule has 1 N–H and O–H groups in total. The van der Waals surface area contributed by atoms with Gasteiger partial charge in [-0.3, -0.25) is 0 Å². The van der Waals surface area contributed by atoms with Crippen LogP contribution in [0.15, 0.2) is 72.9 Å². The maximum absolute atomic E-state index is 4.64. The van der Waals surface area contributed by atoms with Crippen LogP contribution in [0.5, 0.6) is 0 Å². The average molecular weight is 318 g/mol. The second kappa shape index (κ2) is 7.59. The van der Waals surface area contributed by atoms with Crippen molar-refractivity contribution < 1.29 is 0 Å². The number of nitrogens with one attached hydrogen (secondary N) is 1. The van der Waals surface area contributed by atoms with Crippen molar-refractivity contribution in [1.29, 1.82) is 0 Å². The summed E-state index contributed by atoms with van der Waals surface area (Å²) >= 11 is 0. The van der Waals surface area contributed by atoms with E-state index in [4.69, 9.17) is 0 Å². The van der Waals surface area contributed by atoms with Crippen LogP contribution in [0.3, 0.4) is 0 Å². The first-order valence-electron chi connectivity index (χ1n) is 8.12. The number of hydrogen-bond donors (Lipinski definition) is 1. The fourth-order valence-electron chi connectivity index (χ4n) is 2.59. The number of benzene rings is 2. The summed E-state index contributed by atoms with van der Waals surface area (Å²) in [7, 11) is 2.04. The second-order valence-corrected chi connectivity index (χ2v) is 5.86. The van der Waals surface area contributed by atoms with Crippen LogP contribution in [0.4, 0.5) is 11.8 Å². The molecular weight excluding hydrogens is 296 g/mol. The van der Waals surface area contributed by atoms with E-state index in [1.807, 2.05) is 37.4 Å². The topological polar surface area (TPSA) is 41.1 Å². The standard InChI is InChI=1S/C20H22N4/c1-16(18-11-7-4-8-12-18)22-20-21-14-13-19(23-20)24(2)15-17-9-5-3-6-10-17/h3-14,16H,15H2,1-2H3,(H,21,22,23). The van der Waals surface area contributed by atoms with Crippen molar-refractivity contribution >= 4 is 11.8 Å². The minimum Gasteiger partial charge on any atom is -0.355 e. The van der Waals surface area contributed by atoms with E-state index in [1.54, 1.807) is 6.20 Å². The van der Waals surface area contributed by atoms with Gasteiger partial charge in [-0.05, 0) is 24.1 Å². The van der Waals surface area contributed by atoms with Crippen LogP contribution in [0.2, 0.25) is 0 Å². The molecule has 0 aliphatic rings. The number of rotatable bonds is 6. The van der Waals surface area contributed by atoms with E-state index in [1.165, 1.54) is 11.1 Å². The highest BCUT2D eigenvalue weighted by atomic mass is 15.2. The van der Waals surface area contributed by atoms with E-state index in [0.29, 0.717) is 5.95 Å². The summed E-state index contributed by atoms with van der Waals surface area (Å²) in [5.41, 5.74) is 2.47. The first kappa shape index (κ1) is 16.0. The molecule has 1 heterocycles. The third-order valence-electron chi connectivity index (χ3n) is 3.94. The van der Waals surface area contributed by atoms with Crippen molar-refractivity contribution in [1.82, 2.24) is 9.97 Å². The van der Waals surface area contributed by atoms with Gasteiger partial charge in [-0.25, -0.2) is 4.98 Å². The van der Waals surface area contributed by atoms with Gasteiger partial charge in [0.2, 0.25) is 5.95 Å². The van der Waals surface area contributed by atoms with Gasteiger partial charge in [-0.1, -0.05) is 60.7 Å². The summed E-state index contributed by atoms with van der Waals surface area (Å²) in [6.07, 6.45) is 1.80. The van der Waals surface area contributed by atoms with E-state index in [2.05, 4.69) is 63.5 Å². The van der Waals surface area contributed by atoms with Crippen LogP contribution >= 0.6 is 0 Å². The summed E-state index contributed by atoms with van der Waals surface area (Å²) < 4.78 is 0. The Morgan fingerprint density at radius 3 is 2.33 bits per heavy atom. The van der Waals surface area contributed by atoms with Crippen LogP contribution in [-0.2, 0) is 6.54 Å². The normalized spacial score (nSPS) is 11.8. The number of nitrogens with zero attached hydrogens (tertiary/aromatic N) is 3. The Hall–Kier alpha value is -2.88. The van der Waals surface area contributed by atoms with E-state index < -0.39 is 0 Å². The fraction of sp³-hybridized carbons (Fsp3) is 0.200. The van der Waals surface area contributed by atoms with Crippen LogP contribution in [-0.4, -0.2) is 17.0 Å². The zero-order chi connectivity index (χ0) is 16.8. The fourth-order valence-corrected chi connectivity index (χ4v) is 2.59. The van der Waals surface area contributed by atoms with Gasteiger partial charge in [0.1, 0.15) is 5.82 Å². The molecule has 0 aliphatic carbocycles. The smallest absolute Gasteiger partial charge is 0.225 e. The van der Waals surface area contributed by atoms with Crippen molar-refractivity contribution in [3.05, 3.63) is 84.1 Å². The average Bonchev–Trinajstić information content (AvgIpc) is 2.63. The lowest BCUT2D eigenvalue weighted by molar-refractivity contribution is 0.846. The Bertz CT molecular complexity index is 759. The molecule has 0 aliphatic heterocycles. The number of anilines is 2. The molecule has 0 saturated heterocycles. The maximum atomic E-state index is 4.64. The van der Waals surface area contributed by atoms with Crippen molar-refractivity contribution in [2.45, 2.75) is 19.5 Å². The lowest BCUT2D eigenvalue weighted by Crippen LogP contribution is -2.19. The molecule has 0 bridgehead atoms. The SMILES string of the molecule is CC(Nc1nccc(N(C)Cc2ccccc2)n1)c1ccccc1. The van der Waals surface area contributed by atoms with E-state index >= 15 is 0 Å². The van der Waals surface area contributed by atoms with Gasteiger partial charge in [0.15, 0.2) is 0 Å². The third kappa shape index (κ3) is 4.10. The van der Waals surface area contributed by atoms with Gasteiger partial charge >= 0.3 is 0 Å². The zero-order valence-corrected chi connectivity index (χ0v) is 14.1.